The highest BCUT2D eigenvalue weighted by atomic mass is 19.4. The van der Waals surface area contributed by atoms with Crippen LogP contribution in [0.4, 0.5) is 24.9 Å². The number of hydrogen-bond donors (Lipinski definition) is 3. The standard InChI is InChI=1S/C20H24F3N5/c21-20(22,23)16-11-25-9-13(16)10-26-18-15-8-4-7-14(12-5-2-1-3-6-12)17(15)27-19(24)28-18/h1-3,5-6,13-14,16,25H,4,7-11H2,(H3,24,26,27,28)/t13-,14?,16+/m1/s1. The number of fused-ring (bicyclic) bond motifs is 1. The average molecular weight is 391 g/mol. The van der Waals surface area contributed by atoms with Gasteiger partial charge < -0.3 is 16.4 Å². The van der Waals surface area contributed by atoms with Gasteiger partial charge in [0, 0.05) is 37.0 Å². The molecule has 0 amide bonds. The van der Waals surface area contributed by atoms with Crippen LogP contribution in [0, 0.1) is 11.8 Å². The molecule has 0 spiro atoms. The minimum Gasteiger partial charge on any atom is -0.369 e. The van der Waals surface area contributed by atoms with Gasteiger partial charge in [-0.1, -0.05) is 30.3 Å². The van der Waals surface area contributed by atoms with Crippen LogP contribution in [0.3, 0.4) is 0 Å². The van der Waals surface area contributed by atoms with E-state index in [9.17, 15) is 13.2 Å². The maximum absolute atomic E-state index is 13.2. The van der Waals surface area contributed by atoms with Gasteiger partial charge in [-0.25, -0.2) is 4.98 Å². The van der Waals surface area contributed by atoms with E-state index in [1.807, 2.05) is 18.2 Å². The normalized spacial score (nSPS) is 24.8. The van der Waals surface area contributed by atoms with E-state index in [-0.39, 0.29) is 25.0 Å². The van der Waals surface area contributed by atoms with Crippen molar-refractivity contribution in [1.29, 1.82) is 0 Å². The fraction of sp³-hybridized carbons (Fsp3) is 0.500. The summed E-state index contributed by atoms with van der Waals surface area (Å²) >= 11 is 0. The molecule has 0 saturated carbocycles. The Morgan fingerprint density at radius 3 is 2.68 bits per heavy atom. The Hall–Kier alpha value is -2.35. The maximum Gasteiger partial charge on any atom is 0.393 e. The van der Waals surface area contributed by atoms with Gasteiger partial charge in [-0.3, -0.25) is 0 Å². The molecule has 2 heterocycles. The molecule has 1 aliphatic carbocycles. The molecule has 28 heavy (non-hydrogen) atoms. The lowest BCUT2D eigenvalue weighted by molar-refractivity contribution is -0.178. The number of alkyl halides is 3. The summed E-state index contributed by atoms with van der Waals surface area (Å²) in [5, 5.41) is 6.01. The molecule has 1 unspecified atom stereocenters. The summed E-state index contributed by atoms with van der Waals surface area (Å²) in [6, 6.07) is 10.1. The Kier molecular flexibility index (Phi) is 5.14. The highest BCUT2D eigenvalue weighted by Crippen LogP contribution is 2.39. The minimum absolute atomic E-state index is 0.0318. The maximum atomic E-state index is 13.2. The molecule has 4 rings (SSSR count). The molecule has 2 aromatic rings. The Morgan fingerprint density at radius 2 is 1.93 bits per heavy atom. The number of hydrogen-bond acceptors (Lipinski definition) is 5. The third-order valence-corrected chi connectivity index (χ3v) is 5.80. The van der Waals surface area contributed by atoms with Crippen molar-refractivity contribution in [2.24, 2.45) is 11.8 Å². The Balaban J connectivity index is 1.58. The molecule has 4 N–H and O–H groups in total. The predicted molar refractivity (Wildman–Crippen MR) is 102 cm³/mol. The summed E-state index contributed by atoms with van der Waals surface area (Å²) in [6.07, 6.45) is -1.45. The third-order valence-electron chi connectivity index (χ3n) is 5.80. The number of halogens is 3. The van der Waals surface area contributed by atoms with Gasteiger partial charge in [0.2, 0.25) is 5.95 Å². The van der Waals surface area contributed by atoms with Gasteiger partial charge in [0.1, 0.15) is 5.82 Å². The van der Waals surface area contributed by atoms with Gasteiger partial charge in [0.15, 0.2) is 0 Å². The molecular formula is C20H24F3N5. The van der Waals surface area contributed by atoms with Crippen molar-refractivity contribution in [2.75, 3.05) is 30.7 Å². The molecule has 1 aromatic heterocycles. The SMILES string of the molecule is Nc1nc(NC[C@H]2CNC[C@@H]2C(F)(F)F)c2c(n1)C(c1ccccc1)CCC2. The van der Waals surface area contributed by atoms with E-state index < -0.39 is 18.0 Å². The monoisotopic (exact) mass is 391 g/mol. The molecule has 0 bridgehead atoms. The van der Waals surface area contributed by atoms with Gasteiger partial charge in [0.05, 0.1) is 11.6 Å². The molecule has 1 aliphatic heterocycles. The number of anilines is 2. The molecular weight excluding hydrogens is 367 g/mol. The number of nitrogens with one attached hydrogen (secondary N) is 2. The molecule has 1 saturated heterocycles. The molecule has 5 nitrogen and oxygen atoms in total. The molecule has 3 atom stereocenters. The van der Waals surface area contributed by atoms with Gasteiger partial charge in [-0.2, -0.15) is 18.2 Å². The van der Waals surface area contributed by atoms with E-state index >= 15 is 0 Å². The quantitative estimate of drug-likeness (QED) is 0.745. The summed E-state index contributed by atoms with van der Waals surface area (Å²) in [4.78, 5) is 8.82. The number of nitrogens with two attached hydrogens (primary N) is 1. The average Bonchev–Trinajstić information content (AvgIpc) is 3.15. The second-order valence-electron chi connectivity index (χ2n) is 7.60. The topological polar surface area (TPSA) is 75.9 Å². The van der Waals surface area contributed by atoms with Crippen molar-refractivity contribution in [2.45, 2.75) is 31.4 Å². The Morgan fingerprint density at radius 1 is 1.14 bits per heavy atom. The first-order valence-electron chi connectivity index (χ1n) is 9.66. The van der Waals surface area contributed by atoms with Crippen LogP contribution in [0.15, 0.2) is 30.3 Å². The number of rotatable bonds is 4. The molecule has 2 aliphatic rings. The highest BCUT2D eigenvalue weighted by Gasteiger charge is 2.46. The molecule has 0 radical (unpaired) electrons. The van der Waals surface area contributed by atoms with Crippen molar-refractivity contribution in [3.63, 3.8) is 0 Å². The van der Waals surface area contributed by atoms with Crippen LogP contribution in [-0.4, -0.2) is 35.8 Å². The summed E-state index contributed by atoms with van der Waals surface area (Å²) in [6.45, 7) is 0.512. The lowest BCUT2D eigenvalue weighted by Gasteiger charge is -2.27. The van der Waals surface area contributed by atoms with Crippen LogP contribution >= 0.6 is 0 Å². The number of benzene rings is 1. The van der Waals surface area contributed by atoms with Gasteiger partial charge >= 0.3 is 6.18 Å². The number of nitrogen functional groups attached to an aromatic ring is 1. The largest absolute Gasteiger partial charge is 0.393 e. The van der Waals surface area contributed by atoms with Crippen molar-refractivity contribution in [1.82, 2.24) is 15.3 Å². The van der Waals surface area contributed by atoms with E-state index in [0.29, 0.717) is 12.4 Å². The zero-order valence-electron chi connectivity index (χ0n) is 15.5. The van der Waals surface area contributed by atoms with Crippen LogP contribution in [-0.2, 0) is 6.42 Å². The van der Waals surface area contributed by atoms with Gasteiger partial charge in [-0.05, 0) is 24.8 Å². The lowest BCUT2D eigenvalue weighted by atomic mass is 9.82. The van der Waals surface area contributed by atoms with E-state index in [0.717, 1.165) is 30.5 Å². The first-order chi connectivity index (χ1) is 13.4. The number of nitrogens with zero attached hydrogens (tertiary/aromatic N) is 2. The van der Waals surface area contributed by atoms with E-state index in [2.05, 4.69) is 32.7 Å². The van der Waals surface area contributed by atoms with Gasteiger partial charge in [-0.15, -0.1) is 0 Å². The second-order valence-corrected chi connectivity index (χ2v) is 7.60. The fourth-order valence-electron chi connectivity index (χ4n) is 4.39. The smallest absolute Gasteiger partial charge is 0.369 e. The summed E-state index contributed by atoms with van der Waals surface area (Å²) in [5.41, 5.74) is 8.99. The first-order valence-corrected chi connectivity index (χ1v) is 9.66. The van der Waals surface area contributed by atoms with E-state index in [1.165, 1.54) is 5.56 Å². The Labute approximate surface area is 162 Å². The Bertz CT molecular complexity index is 825. The van der Waals surface area contributed by atoms with E-state index in [4.69, 9.17) is 5.73 Å². The van der Waals surface area contributed by atoms with Gasteiger partial charge in [0.25, 0.3) is 0 Å². The van der Waals surface area contributed by atoms with E-state index in [1.54, 1.807) is 0 Å². The minimum atomic E-state index is -4.20. The van der Waals surface area contributed by atoms with Crippen molar-refractivity contribution in [3.8, 4) is 0 Å². The molecule has 8 heteroatoms. The zero-order chi connectivity index (χ0) is 19.7. The molecule has 1 aromatic carbocycles. The summed E-state index contributed by atoms with van der Waals surface area (Å²) in [5.74, 6) is -1.00. The zero-order valence-corrected chi connectivity index (χ0v) is 15.5. The van der Waals surface area contributed by atoms with Crippen LogP contribution in [0.5, 0.6) is 0 Å². The van der Waals surface area contributed by atoms with Crippen LogP contribution in [0.25, 0.3) is 0 Å². The fourth-order valence-corrected chi connectivity index (χ4v) is 4.39. The van der Waals surface area contributed by atoms with Crippen molar-refractivity contribution < 1.29 is 13.2 Å². The lowest BCUT2D eigenvalue weighted by Crippen LogP contribution is -2.33. The van der Waals surface area contributed by atoms with Crippen LogP contribution in [0.2, 0.25) is 0 Å². The molecule has 150 valence electrons. The van der Waals surface area contributed by atoms with Crippen LogP contribution < -0.4 is 16.4 Å². The second kappa shape index (κ2) is 7.58. The third kappa shape index (κ3) is 3.78. The highest BCUT2D eigenvalue weighted by molar-refractivity contribution is 5.53. The predicted octanol–water partition coefficient (Wildman–Crippen LogP) is 3.34. The number of aromatic nitrogens is 2. The molecule has 1 fully saturated rings. The summed E-state index contributed by atoms with van der Waals surface area (Å²) in [7, 11) is 0. The first kappa shape index (κ1) is 19.0. The summed E-state index contributed by atoms with van der Waals surface area (Å²) < 4.78 is 39.6. The van der Waals surface area contributed by atoms with Crippen molar-refractivity contribution in [3.05, 3.63) is 47.2 Å². The van der Waals surface area contributed by atoms with Crippen molar-refractivity contribution >= 4 is 11.8 Å². The van der Waals surface area contributed by atoms with Crippen LogP contribution in [0.1, 0.15) is 35.6 Å².